The van der Waals surface area contributed by atoms with Gasteiger partial charge in [0.15, 0.2) is 0 Å². The minimum atomic E-state index is 0.356. The molecule has 0 fully saturated rings. The Morgan fingerprint density at radius 2 is 1.85 bits per heavy atom. The van der Waals surface area contributed by atoms with Gasteiger partial charge in [0.05, 0.1) is 7.11 Å². The number of methoxy groups -OCH3 is 1. The third-order valence-electron chi connectivity index (χ3n) is 4.27. The van der Waals surface area contributed by atoms with Gasteiger partial charge in [-0.2, -0.15) is 0 Å². The minimum absolute atomic E-state index is 0.356. The highest BCUT2D eigenvalue weighted by Crippen LogP contribution is 2.30. The second kappa shape index (κ2) is 7.68. The van der Waals surface area contributed by atoms with Crippen molar-refractivity contribution in [1.82, 2.24) is 5.32 Å². The van der Waals surface area contributed by atoms with E-state index in [4.69, 9.17) is 4.74 Å². The smallest absolute Gasteiger partial charge is 0.122 e. The lowest BCUT2D eigenvalue weighted by Gasteiger charge is -2.31. The monoisotopic (exact) mass is 277 g/mol. The van der Waals surface area contributed by atoms with Crippen LogP contribution in [-0.4, -0.2) is 19.7 Å². The van der Waals surface area contributed by atoms with Crippen molar-refractivity contribution >= 4 is 0 Å². The van der Waals surface area contributed by atoms with Gasteiger partial charge < -0.3 is 10.1 Å². The Morgan fingerprint density at radius 1 is 1.20 bits per heavy atom. The lowest BCUT2D eigenvalue weighted by atomic mass is 9.77. The van der Waals surface area contributed by atoms with E-state index in [2.05, 4.69) is 52.1 Å². The van der Waals surface area contributed by atoms with E-state index < -0.39 is 0 Å². The Morgan fingerprint density at radius 3 is 2.40 bits per heavy atom. The van der Waals surface area contributed by atoms with E-state index in [0.717, 1.165) is 18.7 Å². The fraction of sp³-hybridized carbons (Fsp3) is 0.667. The summed E-state index contributed by atoms with van der Waals surface area (Å²) in [7, 11) is 1.75. The molecule has 0 aliphatic rings. The third-order valence-corrected chi connectivity index (χ3v) is 4.27. The molecule has 0 aliphatic heterocycles. The average Bonchev–Trinajstić information content (AvgIpc) is 2.38. The molecular weight excluding hydrogens is 246 g/mol. The number of hydrogen-bond donors (Lipinski definition) is 1. The van der Waals surface area contributed by atoms with E-state index in [-0.39, 0.29) is 0 Å². The molecule has 0 radical (unpaired) electrons. The first-order chi connectivity index (χ1) is 9.38. The predicted octanol–water partition coefficient (Wildman–Crippen LogP) is 4.29. The quantitative estimate of drug-likeness (QED) is 0.803. The van der Waals surface area contributed by atoms with Gasteiger partial charge in [0, 0.05) is 6.04 Å². The molecule has 0 saturated heterocycles. The molecule has 1 aromatic rings. The molecule has 2 nitrogen and oxygen atoms in total. The zero-order valence-corrected chi connectivity index (χ0v) is 14.0. The number of para-hydroxylation sites is 1. The molecule has 0 saturated carbocycles. The standard InChI is InChI=1S/C18H31NO/c1-7-19-16(12-14(2)18(3,4)5)13-15-10-8-9-11-17(15)20-6/h8-11,14,16,19H,7,12-13H2,1-6H3. The molecular formula is C18H31NO. The van der Waals surface area contributed by atoms with Gasteiger partial charge >= 0.3 is 0 Å². The molecule has 2 atom stereocenters. The van der Waals surface area contributed by atoms with E-state index in [1.807, 2.05) is 12.1 Å². The van der Waals surface area contributed by atoms with Gasteiger partial charge in [0.2, 0.25) is 0 Å². The Kier molecular flexibility index (Phi) is 6.54. The van der Waals surface area contributed by atoms with Crippen LogP contribution in [0.1, 0.15) is 46.6 Å². The van der Waals surface area contributed by atoms with E-state index >= 15 is 0 Å². The van der Waals surface area contributed by atoms with Crippen LogP contribution in [0.2, 0.25) is 0 Å². The van der Waals surface area contributed by atoms with Crippen LogP contribution in [0.15, 0.2) is 24.3 Å². The number of nitrogens with one attached hydrogen (secondary N) is 1. The molecule has 1 rings (SSSR count). The van der Waals surface area contributed by atoms with Crippen molar-refractivity contribution in [3.05, 3.63) is 29.8 Å². The molecule has 0 spiro atoms. The van der Waals surface area contributed by atoms with Crippen LogP contribution in [-0.2, 0) is 6.42 Å². The summed E-state index contributed by atoms with van der Waals surface area (Å²) in [5, 5.41) is 3.63. The first-order valence-electron chi connectivity index (χ1n) is 7.73. The summed E-state index contributed by atoms with van der Waals surface area (Å²) >= 11 is 0. The summed E-state index contributed by atoms with van der Waals surface area (Å²) in [6, 6.07) is 8.85. The first kappa shape index (κ1) is 17.0. The first-order valence-corrected chi connectivity index (χ1v) is 7.73. The zero-order chi connectivity index (χ0) is 15.2. The van der Waals surface area contributed by atoms with Gasteiger partial charge in [0.25, 0.3) is 0 Å². The molecule has 0 aliphatic carbocycles. The molecule has 114 valence electrons. The van der Waals surface area contributed by atoms with Crippen LogP contribution in [0.5, 0.6) is 5.75 Å². The summed E-state index contributed by atoms with van der Waals surface area (Å²) in [4.78, 5) is 0. The maximum Gasteiger partial charge on any atom is 0.122 e. The molecule has 1 aromatic carbocycles. The molecule has 0 bridgehead atoms. The number of likely N-dealkylation sites (N-methyl/N-ethyl adjacent to an activating group) is 1. The fourth-order valence-electron chi connectivity index (χ4n) is 2.44. The van der Waals surface area contributed by atoms with E-state index in [1.165, 1.54) is 12.0 Å². The second-order valence-electron chi connectivity index (χ2n) is 6.77. The van der Waals surface area contributed by atoms with Crippen molar-refractivity contribution < 1.29 is 4.74 Å². The van der Waals surface area contributed by atoms with Crippen molar-refractivity contribution in [1.29, 1.82) is 0 Å². The molecule has 0 heterocycles. The highest BCUT2D eigenvalue weighted by molar-refractivity contribution is 5.33. The van der Waals surface area contributed by atoms with Crippen molar-refractivity contribution in [2.75, 3.05) is 13.7 Å². The summed E-state index contributed by atoms with van der Waals surface area (Å²) in [6.45, 7) is 12.5. The largest absolute Gasteiger partial charge is 0.496 e. The molecule has 2 heteroatoms. The van der Waals surface area contributed by atoms with E-state index in [0.29, 0.717) is 17.4 Å². The van der Waals surface area contributed by atoms with Gasteiger partial charge in [-0.25, -0.2) is 0 Å². The van der Waals surface area contributed by atoms with Crippen LogP contribution in [0.3, 0.4) is 0 Å². The second-order valence-corrected chi connectivity index (χ2v) is 6.77. The lowest BCUT2D eigenvalue weighted by molar-refractivity contribution is 0.222. The Bertz CT molecular complexity index is 395. The van der Waals surface area contributed by atoms with Crippen LogP contribution < -0.4 is 10.1 Å². The number of benzene rings is 1. The Hall–Kier alpha value is -1.02. The van der Waals surface area contributed by atoms with Gasteiger partial charge in [-0.1, -0.05) is 52.8 Å². The van der Waals surface area contributed by atoms with Crippen molar-refractivity contribution in [3.63, 3.8) is 0 Å². The average molecular weight is 277 g/mol. The molecule has 2 unspecified atom stereocenters. The van der Waals surface area contributed by atoms with E-state index in [1.54, 1.807) is 7.11 Å². The molecule has 0 aromatic heterocycles. The van der Waals surface area contributed by atoms with Crippen molar-refractivity contribution in [3.8, 4) is 5.75 Å². The van der Waals surface area contributed by atoms with Crippen LogP contribution >= 0.6 is 0 Å². The fourth-order valence-corrected chi connectivity index (χ4v) is 2.44. The predicted molar refractivity (Wildman–Crippen MR) is 87.4 cm³/mol. The third kappa shape index (κ3) is 5.16. The summed E-state index contributed by atoms with van der Waals surface area (Å²) in [5.41, 5.74) is 1.65. The minimum Gasteiger partial charge on any atom is -0.496 e. The maximum atomic E-state index is 5.47. The zero-order valence-electron chi connectivity index (χ0n) is 14.0. The lowest BCUT2D eigenvalue weighted by Crippen LogP contribution is -2.35. The van der Waals surface area contributed by atoms with Crippen molar-refractivity contribution in [2.24, 2.45) is 11.3 Å². The highest BCUT2D eigenvalue weighted by Gasteiger charge is 2.23. The van der Waals surface area contributed by atoms with Gasteiger partial charge in [-0.15, -0.1) is 0 Å². The van der Waals surface area contributed by atoms with Crippen LogP contribution in [0.25, 0.3) is 0 Å². The van der Waals surface area contributed by atoms with Crippen molar-refractivity contribution in [2.45, 2.75) is 53.5 Å². The Labute approximate surface area is 124 Å². The van der Waals surface area contributed by atoms with Gasteiger partial charge in [0.1, 0.15) is 5.75 Å². The summed E-state index contributed by atoms with van der Waals surface area (Å²) in [5.74, 6) is 1.68. The highest BCUT2D eigenvalue weighted by atomic mass is 16.5. The number of ether oxygens (including phenoxy) is 1. The summed E-state index contributed by atoms with van der Waals surface area (Å²) < 4.78 is 5.47. The van der Waals surface area contributed by atoms with Gasteiger partial charge in [-0.05, 0) is 42.3 Å². The Balaban J connectivity index is 2.76. The molecule has 20 heavy (non-hydrogen) atoms. The summed E-state index contributed by atoms with van der Waals surface area (Å²) in [6.07, 6.45) is 2.22. The maximum absolute atomic E-state index is 5.47. The number of hydrogen-bond acceptors (Lipinski definition) is 2. The normalized spacial score (nSPS) is 14.9. The van der Waals surface area contributed by atoms with Gasteiger partial charge in [-0.3, -0.25) is 0 Å². The molecule has 0 amide bonds. The van der Waals surface area contributed by atoms with Crippen LogP contribution in [0, 0.1) is 11.3 Å². The van der Waals surface area contributed by atoms with Crippen LogP contribution in [0.4, 0.5) is 0 Å². The topological polar surface area (TPSA) is 21.3 Å². The molecule has 1 N–H and O–H groups in total. The van der Waals surface area contributed by atoms with E-state index in [9.17, 15) is 0 Å². The SMILES string of the molecule is CCNC(Cc1ccccc1OC)CC(C)C(C)(C)C. The number of rotatable bonds is 7.